The Labute approximate surface area is 162 Å². The van der Waals surface area contributed by atoms with E-state index in [0.717, 1.165) is 44.5 Å². The number of para-hydroxylation sites is 1. The zero-order valence-electron chi connectivity index (χ0n) is 16.4. The Bertz CT molecular complexity index is 745. The Morgan fingerprint density at radius 1 is 1.22 bits per heavy atom. The molecule has 1 N–H and O–H groups in total. The molecule has 27 heavy (non-hydrogen) atoms. The Kier molecular flexibility index (Phi) is 6.74. The van der Waals surface area contributed by atoms with E-state index in [1.807, 2.05) is 24.3 Å². The summed E-state index contributed by atoms with van der Waals surface area (Å²) in [4.78, 5) is 14.6. The van der Waals surface area contributed by atoms with Gasteiger partial charge in [0.25, 0.3) is 0 Å². The molecule has 3 rings (SSSR count). The van der Waals surface area contributed by atoms with E-state index in [4.69, 9.17) is 4.74 Å². The molecule has 0 bridgehead atoms. The van der Waals surface area contributed by atoms with Gasteiger partial charge in [-0.25, -0.2) is 0 Å². The van der Waals surface area contributed by atoms with Crippen LogP contribution in [0.2, 0.25) is 0 Å². The maximum Gasteiger partial charge on any atom is 0.220 e. The van der Waals surface area contributed by atoms with E-state index >= 15 is 0 Å². The molecule has 1 amide bonds. The van der Waals surface area contributed by atoms with E-state index < -0.39 is 0 Å². The summed E-state index contributed by atoms with van der Waals surface area (Å²) in [6.07, 6.45) is 4.82. The van der Waals surface area contributed by atoms with Crippen molar-refractivity contribution in [1.82, 2.24) is 5.32 Å². The van der Waals surface area contributed by atoms with Gasteiger partial charge in [-0.05, 0) is 67.0 Å². The lowest BCUT2D eigenvalue weighted by atomic mass is 9.81. The smallest absolute Gasteiger partial charge is 0.220 e. The predicted molar refractivity (Wildman–Crippen MR) is 111 cm³/mol. The molecule has 1 unspecified atom stereocenters. The largest absolute Gasteiger partial charge is 0.497 e. The number of amides is 1. The quantitative estimate of drug-likeness (QED) is 0.714. The van der Waals surface area contributed by atoms with Crippen molar-refractivity contribution >= 4 is 11.6 Å². The average molecular weight is 367 g/mol. The van der Waals surface area contributed by atoms with Crippen molar-refractivity contribution in [3.8, 4) is 5.75 Å². The standard InChI is InChI=1S/C23H30N2O2/c1-25(20-10-4-3-5-11-20)15-7-14-24-23(26)17-19-9-6-8-18-16-21(27-2)12-13-22(18)19/h3-5,10-13,16,19H,6-9,14-15,17H2,1-2H3,(H,24,26). The summed E-state index contributed by atoms with van der Waals surface area (Å²) in [6.45, 7) is 1.65. The fraction of sp³-hybridized carbons (Fsp3) is 0.435. The highest BCUT2D eigenvalue weighted by molar-refractivity contribution is 5.77. The number of hydrogen-bond donors (Lipinski definition) is 1. The number of aryl methyl sites for hydroxylation is 1. The van der Waals surface area contributed by atoms with E-state index in [2.05, 4.69) is 41.5 Å². The molecule has 1 atom stereocenters. The van der Waals surface area contributed by atoms with Crippen LogP contribution in [-0.4, -0.2) is 33.2 Å². The first-order valence-electron chi connectivity index (χ1n) is 9.87. The summed E-state index contributed by atoms with van der Waals surface area (Å²) in [5.41, 5.74) is 3.86. The van der Waals surface area contributed by atoms with Crippen LogP contribution in [0.25, 0.3) is 0 Å². The van der Waals surface area contributed by atoms with E-state index in [1.165, 1.54) is 16.8 Å². The van der Waals surface area contributed by atoms with Crippen molar-refractivity contribution in [3.05, 3.63) is 59.7 Å². The maximum atomic E-state index is 12.4. The first-order valence-corrected chi connectivity index (χ1v) is 9.87. The second kappa shape index (κ2) is 9.45. The Morgan fingerprint density at radius 2 is 2.04 bits per heavy atom. The van der Waals surface area contributed by atoms with E-state index in [1.54, 1.807) is 7.11 Å². The topological polar surface area (TPSA) is 41.6 Å². The number of nitrogens with one attached hydrogen (secondary N) is 1. The SMILES string of the molecule is COc1ccc2c(c1)CCCC2CC(=O)NCCCN(C)c1ccccc1. The van der Waals surface area contributed by atoms with E-state index in [9.17, 15) is 4.79 Å². The Balaban J connectivity index is 1.44. The normalized spacial score (nSPS) is 15.7. The van der Waals surface area contributed by atoms with Crippen LogP contribution in [0.15, 0.2) is 48.5 Å². The molecule has 0 heterocycles. The first kappa shape index (κ1) is 19.3. The van der Waals surface area contributed by atoms with Crippen LogP contribution in [-0.2, 0) is 11.2 Å². The second-order valence-corrected chi connectivity index (χ2v) is 7.32. The zero-order chi connectivity index (χ0) is 19.1. The van der Waals surface area contributed by atoms with Gasteiger partial charge in [-0.15, -0.1) is 0 Å². The van der Waals surface area contributed by atoms with Gasteiger partial charge in [-0.1, -0.05) is 24.3 Å². The van der Waals surface area contributed by atoms with Gasteiger partial charge in [0.2, 0.25) is 5.91 Å². The Hall–Kier alpha value is -2.49. The van der Waals surface area contributed by atoms with Crippen molar-refractivity contribution in [1.29, 1.82) is 0 Å². The summed E-state index contributed by atoms with van der Waals surface area (Å²) in [7, 11) is 3.79. The Morgan fingerprint density at radius 3 is 2.81 bits per heavy atom. The molecule has 1 aliphatic rings. The van der Waals surface area contributed by atoms with Crippen molar-refractivity contribution in [2.75, 3.05) is 32.1 Å². The van der Waals surface area contributed by atoms with E-state index in [0.29, 0.717) is 12.3 Å². The minimum absolute atomic E-state index is 0.158. The first-order chi connectivity index (χ1) is 13.2. The monoisotopic (exact) mass is 366 g/mol. The lowest BCUT2D eigenvalue weighted by Gasteiger charge is -2.25. The molecule has 4 nitrogen and oxygen atoms in total. The van der Waals surface area contributed by atoms with E-state index in [-0.39, 0.29) is 5.91 Å². The highest BCUT2D eigenvalue weighted by Gasteiger charge is 2.22. The average Bonchev–Trinajstić information content (AvgIpc) is 2.71. The lowest BCUT2D eigenvalue weighted by Crippen LogP contribution is -2.29. The van der Waals surface area contributed by atoms with Gasteiger partial charge in [0, 0.05) is 32.2 Å². The van der Waals surface area contributed by atoms with Crippen LogP contribution >= 0.6 is 0 Å². The number of carbonyl (C=O) groups excluding carboxylic acids is 1. The molecule has 0 aromatic heterocycles. The molecule has 144 valence electrons. The van der Waals surface area contributed by atoms with Crippen LogP contribution in [0.5, 0.6) is 5.75 Å². The number of hydrogen-bond acceptors (Lipinski definition) is 3. The number of rotatable bonds is 8. The predicted octanol–water partition coefficient (Wildman–Crippen LogP) is 4.15. The molecular formula is C23H30N2O2. The van der Waals surface area contributed by atoms with Gasteiger partial charge >= 0.3 is 0 Å². The van der Waals surface area contributed by atoms with Crippen LogP contribution < -0.4 is 15.0 Å². The van der Waals surface area contributed by atoms with Crippen LogP contribution in [0.4, 0.5) is 5.69 Å². The van der Waals surface area contributed by atoms with Crippen LogP contribution in [0.3, 0.4) is 0 Å². The van der Waals surface area contributed by atoms with Crippen molar-refractivity contribution < 1.29 is 9.53 Å². The molecule has 4 heteroatoms. The van der Waals surface area contributed by atoms with Crippen molar-refractivity contribution in [2.24, 2.45) is 0 Å². The molecule has 0 radical (unpaired) electrons. The van der Waals surface area contributed by atoms with Gasteiger partial charge < -0.3 is 15.0 Å². The third-order valence-corrected chi connectivity index (χ3v) is 5.41. The molecule has 0 saturated heterocycles. The molecule has 0 aliphatic heterocycles. The molecular weight excluding hydrogens is 336 g/mol. The molecule has 1 aliphatic carbocycles. The van der Waals surface area contributed by atoms with Gasteiger partial charge in [-0.3, -0.25) is 4.79 Å². The number of fused-ring (bicyclic) bond motifs is 1. The highest BCUT2D eigenvalue weighted by Crippen LogP contribution is 2.35. The van der Waals surface area contributed by atoms with Crippen LogP contribution in [0, 0.1) is 0 Å². The summed E-state index contributed by atoms with van der Waals surface area (Å²) < 4.78 is 5.33. The second-order valence-electron chi connectivity index (χ2n) is 7.32. The minimum atomic E-state index is 0.158. The highest BCUT2D eigenvalue weighted by atomic mass is 16.5. The molecule has 0 fully saturated rings. The fourth-order valence-corrected chi connectivity index (χ4v) is 3.88. The summed E-state index contributed by atoms with van der Waals surface area (Å²) in [5.74, 6) is 1.39. The molecule has 2 aromatic carbocycles. The van der Waals surface area contributed by atoms with Gasteiger partial charge in [-0.2, -0.15) is 0 Å². The molecule has 0 spiro atoms. The summed E-state index contributed by atoms with van der Waals surface area (Å²) in [5, 5.41) is 3.10. The number of methoxy groups -OCH3 is 1. The third kappa shape index (κ3) is 5.25. The van der Waals surface area contributed by atoms with Crippen LogP contribution in [0.1, 0.15) is 42.7 Å². The van der Waals surface area contributed by atoms with Crippen molar-refractivity contribution in [3.63, 3.8) is 0 Å². The fourth-order valence-electron chi connectivity index (χ4n) is 3.88. The number of anilines is 1. The van der Waals surface area contributed by atoms with Gasteiger partial charge in [0.15, 0.2) is 0 Å². The minimum Gasteiger partial charge on any atom is -0.497 e. The lowest BCUT2D eigenvalue weighted by molar-refractivity contribution is -0.121. The van der Waals surface area contributed by atoms with Crippen molar-refractivity contribution in [2.45, 2.75) is 38.0 Å². The number of carbonyl (C=O) groups is 1. The maximum absolute atomic E-state index is 12.4. The van der Waals surface area contributed by atoms with Gasteiger partial charge in [0.05, 0.1) is 7.11 Å². The molecule has 0 saturated carbocycles. The van der Waals surface area contributed by atoms with Gasteiger partial charge in [0.1, 0.15) is 5.75 Å². The third-order valence-electron chi connectivity index (χ3n) is 5.41. The molecule has 2 aromatic rings. The number of nitrogens with zero attached hydrogens (tertiary/aromatic N) is 1. The number of ether oxygens (including phenoxy) is 1. The zero-order valence-corrected chi connectivity index (χ0v) is 16.4. The summed E-state index contributed by atoms with van der Waals surface area (Å²) in [6, 6.07) is 16.6. The summed E-state index contributed by atoms with van der Waals surface area (Å²) >= 11 is 0. The number of benzene rings is 2.